The summed E-state index contributed by atoms with van der Waals surface area (Å²) in [5.74, 6) is 1.69. The molecule has 3 heteroatoms. The van der Waals surface area contributed by atoms with Gasteiger partial charge >= 0.3 is 0 Å². The van der Waals surface area contributed by atoms with Crippen LogP contribution in [0.25, 0.3) is 0 Å². The molecule has 1 rings (SSSR count). The van der Waals surface area contributed by atoms with Gasteiger partial charge in [0.25, 0.3) is 0 Å². The molecule has 0 saturated carbocycles. The van der Waals surface area contributed by atoms with Crippen molar-refractivity contribution in [1.29, 1.82) is 0 Å². The highest BCUT2D eigenvalue weighted by molar-refractivity contribution is 5.33. The minimum atomic E-state index is 0.483. The van der Waals surface area contributed by atoms with Crippen molar-refractivity contribution in [2.75, 3.05) is 27.2 Å². The second-order valence-electron chi connectivity index (χ2n) is 6.43. The van der Waals surface area contributed by atoms with Crippen molar-refractivity contribution >= 4 is 0 Å². The maximum atomic E-state index is 5.45. The predicted octanol–water partition coefficient (Wildman–Crippen LogP) is 3.19. The van der Waals surface area contributed by atoms with E-state index >= 15 is 0 Å². The number of nitrogens with zero attached hydrogens (tertiary/aromatic N) is 1. The first-order valence-electron chi connectivity index (χ1n) is 8.00. The van der Waals surface area contributed by atoms with Crippen LogP contribution in [-0.2, 0) is 6.42 Å². The minimum absolute atomic E-state index is 0.483. The molecule has 2 atom stereocenters. The Labute approximate surface area is 130 Å². The molecule has 0 aliphatic heterocycles. The highest BCUT2D eigenvalue weighted by Crippen LogP contribution is 2.20. The van der Waals surface area contributed by atoms with Crippen molar-refractivity contribution in [2.45, 2.75) is 46.2 Å². The van der Waals surface area contributed by atoms with E-state index in [1.807, 2.05) is 12.1 Å². The number of likely N-dealkylation sites (N-methyl/N-ethyl adjacent to an activating group) is 1. The van der Waals surface area contributed by atoms with E-state index in [1.165, 1.54) is 5.56 Å². The zero-order valence-electron chi connectivity index (χ0n) is 14.5. The first-order valence-corrected chi connectivity index (χ1v) is 8.00. The summed E-state index contributed by atoms with van der Waals surface area (Å²) in [4.78, 5) is 2.44. The second-order valence-corrected chi connectivity index (χ2v) is 6.43. The van der Waals surface area contributed by atoms with Gasteiger partial charge in [-0.2, -0.15) is 0 Å². The number of rotatable bonds is 9. The highest BCUT2D eigenvalue weighted by atomic mass is 16.5. The molecule has 0 fully saturated rings. The SMILES string of the molecule is COc1ccccc1CC(C)N(C)C(C)CNCC(C)C. The normalized spacial score (nSPS) is 14.5. The van der Waals surface area contributed by atoms with Gasteiger partial charge in [0.05, 0.1) is 7.11 Å². The zero-order chi connectivity index (χ0) is 15.8. The van der Waals surface area contributed by atoms with E-state index in [1.54, 1.807) is 7.11 Å². The van der Waals surface area contributed by atoms with Crippen LogP contribution in [0.3, 0.4) is 0 Å². The molecule has 0 saturated heterocycles. The first-order chi connectivity index (χ1) is 9.95. The monoisotopic (exact) mass is 292 g/mol. The largest absolute Gasteiger partial charge is 0.496 e. The summed E-state index contributed by atoms with van der Waals surface area (Å²) < 4.78 is 5.45. The van der Waals surface area contributed by atoms with Crippen molar-refractivity contribution in [2.24, 2.45) is 5.92 Å². The Morgan fingerprint density at radius 3 is 2.33 bits per heavy atom. The number of hydrogen-bond donors (Lipinski definition) is 1. The quantitative estimate of drug-likeness (QED) is 0.756. The number of methoxy groups -OCH3 is 1. The van der Waals surface area contributed by atoms with Crippen LogP contribution in [0.2, 0.25) is 0 Å². The minimum Gasteiger partial charge on any atom is -0.496 e. The molecule has 0 radical (unpaired) electrons. The Morgan fingerprint density at radius 2 is 1.71 bits per heavy atom. The summed E-state index contributed by atoms with van der Waals surface area (Å²) in [5, 5.41) is 3.54. The van der Waals surface area contributed by atoms with E-state index in [9.17, 15) is 0 Å². The first kappa shape index (κ1) is 18.0. The van der Waals surface area contributed by atoms with Gasteiger partial charge in [-0.15, -0.1) is 0 Å². The van der Waals surface area contributed by atoms with Gasteiger partial charge in [-0.05, 0) is 51.4 Å². The van der Waals surface area contributed by atoms with Crippen LogP contribution in [0.15, 0.2) is 24.3 Å². The number of benzene rings is 1. The van der Waals surface area contributed by atoms with Gasteiger partial charge in [-0.3, -0.25) is 4.90 Å². The fraction of sp³-hybridized carbons (Fsp3) is 0.667. The molecule has 120 valence electrons. The molecular weight excluding hydrogens is 260 g/mol. The van der Waals surface area contributed by atoms with E-state index in [-0.39, 0.29) is 0 Å². The lowest BCUT2D eigenvalue weighted by Gasteiger charge is -2.31. The third kappa shape index (κ3) is 6.06. The van der Waals surface area contributed by atoms with Gasteiger partial charge in [-0.1, -0.05) is 32.0 Å². The Bertz CT molecular complexity index is 406. The van der Waals surface area contributed by atoms with Crippen molar-refractivity contribution in [3.63, 3.8) is 0 Å². The fourth-order valence-electron chi connectivity index (χ4n) is 2.49. The van der Waals surface area contributed by atoms with Crippen molar-refractivity contribution in [3.05, 3.63) is 29.8 Å². The second kappa shape index (κ2) is 9.06. The van der Waals surface area contributed by atoms with Crippen molar-refractivity contribution in [1.82, 2.24) is 10.2 Å². The van der Waals surface area contributed by atoms with Gasteiger partial charge in [0.1, 0.15) is 5.75 Å². The average molecular weight is 292 g/mol. The highest BCUT2D eigenvalue weighted by Gasteiger charge is 2.17. The lowest BCUT2D eigenvalue weighted by molar-refractivity contribution is 0.189. The Morgan fingerprint density at radius 1 is 1.05 bits per heavy atom. The summed E-state index contributed by atoms with van der Waals surface area (Å²) >= 11 is 0. The molecule has 1 aromatic carbocycles. The van der Waals surface area contributed by atoms with Crippen LogP contribution >= 0.6 is 0 Å². The fourth-order valence-corrected chi connectivity index (χ4v) is 2.49. The van der Waals surface area contributed by atoms with Crippen LogP contribution in [0.5, 0.6) is 5.75 Å². The van der Waals surface area contributed by atoms with Crippen LogP contribution < -0.4 is 10.1 Å². The summed E-state index contributed by atoms with van der Waals surface area (Å²) in [7, 11) is 3.95. The summed E-state index contributed by atoms with van der Waals surface area (Å²) in [5.41, 5.74) is 1.28. The van der Waals surface area contributed by atoms with Crippen LogP contribution in [0.4, 0.5) is 0 Å². The molecule has 0 spiro atoms. The summed E-state index contributed by atoms with van der Waals surface area (Å²) in [6.07, 6.45) is 1.01. The molecule has 3 nitrogen and oxygen atoms in total. The smallest absolute Gasteiger partial charge is 0.122 e. The summed E-state index contributed by atoms with van der Waals surface area (Å²) in [6, 6.07) is 9.30. The van der Waals surface area contributed by atoms with E-state index in [2.05, 4.69) is 57.1 Å². The Balaban J connectivity index is 2.51. The molecule has 1 N–H and O–H groups in total. The number of hydrogen-bond acceptors (Lipinski definition) is 3. The van der Waals surface area contributed by atoms with E-state index in [0.29, 0.717) is 18.0 Å². The van der Waals surface area contributed by atoms with E-state index in [0.717, 1.165) is 25.3 Å². The van der Waals surface area contributed by atoms with Crippen LogP contribution in [0, 0.1) is 5.92 Å². The Kier molecular flexibility index (Phi) is 7.76. The van der Waals surface area contributed by atoms with Gasteiger partial charge in [0, 0.05) is 18.6 Å². The third-order valence-electron chi connectivity index (χ3n) is 4.09. The van der Waals surface area contributed by atoms with Crippen LogP contribution in [0.1, 0.15) is 33.3 Å². The van der Waals surface area contributed by atoms with Gasteiger partial charge in [0.15, 0.2) is 0 Å². The number of ether oxygens (including phenoxy) is 1. The standard InChI is InChI=1S/C18H32N2O/c1-14(2)12-19-13-16(4)20(5)15(3)11-17-9-7-8-10-18(17)21-6/h7-10,14-16,19H,11-13H2,1-6H3. The summed E-state index contributed by atoms with van der Waals surface area (Å²) in [6.45, 7) is 11.2. The molecule has 0 heterocycles. The van der Waals surface area contributed by atoms with E-state index < -0.39 is 0 Å². The number of nitrogens with one attached hydrogen (secondary N) is 1. The lowest BCUT2D eigenvalue weighted by atomic mass is 10.0. The lowest BCUT2D eigenvalue weighted by Crippen LogP contribution is -2.44. The van der Waals surface area contributed by atoms with Gasteiger partial charge in [-0.25, -0.2) is 0 Å². The molecule has 0 aliphatic rings. The molecular formula is C18H32N2O. The predicted molar refractivity (Wildman–Crippen MR) is 91.1 cm³/mol. The molecule has 0 bridgehead atoms. The molecule has 21 heavy (non-hydrogen) atoms. The van der Waals surface area contributed by atoms with Gasteiger partial charge < -0.3 is 10.1 Å². The Hall–Kier alpha value is -1.06. The maximum absolute atomic E-state index is 5.45. The topological polar surface area (TPSA) is 24.5 Å². The van der Waals surface area contributed by atoms with Crippen molar-refractivity contribution < 1.29 is 4.74 Å². The number of para-hydroxylation sites is 1. The molecule has 0 aliphatic carbocycles. The molecule has 0 amide bonds. The maximum Gasteiger partial charge on any atom is 0.122 e. The van der Waals surface area contributed by atoms with Crippen molar-refractivity contribution in [3.8, 4) is 5.75 Å². The molecule has 1 aromatic rings. The van der Waals surface area contributed by atoms with Gasteiger partial charge in [0.2, 0.25) is 0 Å². The molecule has 0 aromatic heterocycles. The molecule has 2 unspecified atom stereocenters. The van der Waals surface area contributed by atoms with Crippen LogP contribution in [-0.4, -0.2) is 44.2 Å². The average Bonchev–Trinajstić information content (AvgIpc) is 2.46. The van der Waals surface area contributed by atoms with E-state index in [4.69, 9.17) is 4.74 Å². The zero-order valence-corrected chi connectivity index (χ0v) is 14.5. The third-order valence-corrected chi connectivity index (χ3v) is 4.09.